The van der Waals surface area contributed by atoms with Gasteiger partial charge in [-0.2, -0.15) is 0 Å². The fourth-order valence-electron chi connectivity index (χ4n) is 4.67. The zero-order chi connectivity index (χ0) is 35.4. The van der Waals surface area contributed by atoms with Gasteiger partial charge in [0, 0.05) is 72.1 Å². The Balaban J connectivity index is 2.29. The van der Waals surface area contributed by atoms with Crippen LogP contribution < -0.4 is 5.32 Å². The van der Waals surface area contributed by atoms with Gasteiger partial charge in [0.15, 0.2) is 6.29 Å². The Kier molecular flexibility index (Phi) is 26.4. The Labute approximate surface area is 285 Å². The summed E-state index contributed by atoms with van der Waals surface area (Å²) in [6.07, 6.45) is -0.515. The van der Waals surface area contributed by atoms with Crippen LogP contribution in [0.25, 0.3) is 0 Å². The maximum atomic E-state index is 12.7. The number of aliphatic hydroxyl groups excluding tert-OH is 1. The number of rotatable bonds is 26. The third-order valence-electron chi connectivity index (χ3n) is 7.33. The number of aliphatic carboxylic acids is 2. The first-order valence-corrected chi connectivity index (χ1v) is 16.9. The van der Waals surface area contributed by atoms with E-state index in [9.17, 15) is 34.8 Å². The standard InChI is InChI=1S/C31H61N5O12/c1-27(2)3-13-44-15-17-46-19-21-48-22-20-47-18-16-45-14-4-32-28(37)23-33-5-7-34(24-29(38)39)9-11-36(26-31(42)43)12-10-35(8-6-33)25-30(40)41/h27,29,38-39H,3-26H2,1-2H3,(H,32,37)(H,40,41)(H,42,43). The van der Waals surface area contributed by atoms with Crippen molar-refractivity contribution in [3.63, 3.8) is 0 Å². The molecular formula is C31H61N5O12. The molecule has 0 aromatic rings. The Morgan fingerprint density at radius 1 is 0.562 bits per heavy atom. The molecule has 1 aliphatic rings. The lowest BCUT2D eigenvalue weighted by molar-refractivity contribution is -0.140. The van der Waals surface area contributed by atoms with Crippen LogP contribution in [0.15, 0.2) is 0 Å². The van der Waals surface area contributed by atoms with Gasteiger partial charge in [0.2, 0.25) is 5.91 Å². The van der Waals surface area contributed by atoms with Crippen molar-refractivity contribution in [3.05, 3.63) is 0 Å². The van der Waals surface area contributed by atoms with E-state index in [0.717, 1.165) is 13.0 Å². The second-order valence-corrected chi connectivity index (χ2v) is 12.0. The molecule has 282 valence electrons. The molecule has 1 aliphatic heterocycles. The van der Waals surface area contributed by atoms with E-state index in [-0.39, 0.29) is 32.1 Å². The molecule has 17 heteroatoms. The van der Waals surface area contributed by atoms with Gasteiger partial charge in [0.05, 0.1) is 79.1 Å². The Morgan fingerprint density at radius 3 is 1.29 bits per heavy atom. The number of carboxylic acid groups (broad SMARTS) is 2. The van der Waals surface area contributed by atoms with Crippen LogP contribution in [-0.2, 0) is 38.1 Å². The van der Waals surface area contributed by atoms with E-state index < -0.39 is 18.2 Å². The average molecular weight is 696 g/mol. The molecule has 5 N–H and O–H groups in total. The number of carbonyl (C=O) groups excluding carboxylic acids is 1. The van der Waals surface area contributed by atoms with Crippen LogP contribution in [0.5, 0.6) is 0 Å². The Hall–Kier alpha value is -2.03. The van der Waals surface area contributed by atoms with Crippen LogP contribution >= 0.6 is 0 Å². The maximum Gasteiger partial charge on any atom is 0.317 e. The minimum Gasteiger partial charge on any atom is -0.480 e. The van der Waals surface area contributed by atoms with E-state index in [1.165, 1.54) is 0 Å². The lowest BCUT2D eigenvalue weighted by Crippen LogP contribution is -2.50. The summed E-state index contributed by atoms with van der Waals surface area (Å²) in [5, 5.41) is 40.6. The minimum atomic E-state index is -1.56. The summed E-state index contributed by atoms with van der Waals surface area (Å²) in [4.78, 5) is 42.6. The van der Waals surface area contributed by atoms with Crippen molar-refractivity contribution in [2.45, 2.75) is 26.6 Å². The highest BCUT2D eigenvalue weighted by Gasteiger charge is 2.21. The molecule has 0 bridgehead atoms. The molecule has 1 amide bonds. The molecular weight excluding hydrogens is 634 g/mol. The van der Waals surface area contributed by atoms with Gasteiger partial charge < -0.3 is 49.4 Å². The summed E-state index contributed by atoms with van der Waals surface area (Å²) in [6, 6.07) is 0. The van der Waals surface area contributed by atoms with Gasteiger partial charge in [0.1, 0.15) is 0 Å². The minimum absolute atomic E-state index is 0.0236. The number of aliphatic hydroxyl groups is 2. The van der Waals surface area contributed by atoms with E-state index in [1.54, 1.807) is 9.80 Å². The number of β-amino-alcohol motifs (C(OH)–C–C–N with tert-alkyl or cyclic N) is 2. The second-order valence-electron chi connectivity index (χ2n) is 12.0. The lowest BCUT2D eigenvalue weighted by atomic mass is 10.1. The topological polar surface area (TPSA) is 203 Å². The van der Waals surface area contributed by atoms with Crippen molar-refractivity contribution in [2.24, 2.45) is 5.92 Å². The van der Waals surface area contributed by atoms with Crippen LogP contribution in [0.2, 0.25) is 0 Å². The normalized spacial score (nSPS) is 16.6. The van der Waals surface area contributed by atoms with E-state index >= 15 is 0 Å². The van der Waals surface area contributed by atoms with Gasteiger partial charge in [0.25, 0.3) is 0 Å². The predicted octanol–water partition coefficient (Wildman–Crippen LogP) is -2.07. The molecule has 0 unspecified atom stereocenters. The summed E-state index contributed by atoms with van der Waals surface area (Å²) < 4.78 is 27.4. The molecule has 17 nitrogen and oxygen atoms in total. The van der Waals surface area contributed by atoms with Gasteiger partial charge >= 0.3 is 11.9 Å². The quantitative estimate of drug-likeness (QED) is 0.0488. The fraction of sp³-hybridized carbons (Fsp3) is 0.903. The lowest BCUT2D eigenvalue weighted by Gasteiger charge is -2.33. The average Bonchev–Trinajstić information content (AvgIpc) is 3.00. The summed E-state index contributed by atoms with van der Waals surface area (Å²) in [6.45, 7) is 12.1. The van der Waals surface area contributed by atoms with Crippen LogP contribution in [-0.4, -0.2) is 215 Å². The highest BCUT2D eigenvalue weighted by molar-refractivity contribution is 5.78. The molecule has 0 aromatic heterocycles. The van der Waals surface area contributed by atoms with Crippen molar-refractivity contribution in [2.75, 3.05) is 151 Å². The molecule has 0 aliphatic carbocycles. The highest BCUT2D eigenvalue weighted by Crippen LogP contribution is 2.02. The van der Waals surface area contributed by atoms with Crippen LogP contribution in [0.1, 0.15) is 20.3 Å². The molecule has 0 saturated carbocycles. The van der Waals surface area contributed by atoms with Gasteiger partial charge in [-0.15, -0.1) is 0 Å². The molecule has 0 aromatic carbocycles. The SMILES string of the molecule is CC(C)CCOCCOCCOCCOCCOCCNC(=O)CN1CCN(CC(=O)O)CCN(CC(=O)O)CCN(CC(O)O)CC1. The first-order chi connectivity index (χ1) is 23.0. The van der Waals surface area contributed by atoms with Crippen molar-refractivity contribution in [1.82, 2.24) is 24.9 Å². The van der Waals surface area contributed by atoms with Crippen LogP contribution in [0, 0.1) is 5.92 Å². The zero-order valence-corrected chi connectivity index (χ0v) is 29.0. The molecule has 0 atom stereocenters. The predicted molar refractivity (Wildman–Crippen MR) is 176 cm³/mol. The first-order valence-electron chi connectivity index (χ1n) is 16.9. The number of amides is 1. The van der Waals surface area contributed by atoms with Crippen molar-refractivity contribution < 1.29 is 58.5 Å². The Bertz CT molecular complexity index is 842. The molecule has 0 spiro atoms. The van der Waals surface area contributed by atoms with E-state index in [0.29, 0.717) is 124 Å². The number of hydrogen-bond donors (Lipinski definition) is 5. The highest BCUT2D eigenvalue weighted by atomic mass is 16.6. The van der Waals surface area contributed by atoms with Crippen molar-refractivity contribution in [3.8, 4) is 0 Å². The zero-order valence-electron chi connectivity index (χ0n) is 29.0. The summed E-state index contributed by atoms with van der Waals surface area (Å²) in [7, 11) is 0. The number of nitrogens with zero attached hydrogens (tertiary/aromatic N) is 4. The number of nitrogens with one attached hydrogen (secondary N) is 1. The molecule has 1 rings (SSSR count). The first kappa shape index (κ1) is 44.0. The van der Waals surface area contributed by atoms with Crippen molar-refractivity contribution >= 4 is 17.8 Å². The van der Waals surface area contributed by atoms with Gasteiger partial charge in [-0.1, -0.05) is 13.8 Å². The van der Waals surface area contributed by atoms with Gasteiger partial charge in [-0.3, -0.25) is 34.0 Å². The second kappa shape index (κ2) is 28.8. The van der Waals surface area contributed by atoms with E-state index in [2.05, 4.69) is 19.2 Å². The number of carbonyl (C=O) groups is 3. The van der Waals surface area contributed by atoms with Crippen LogP contribution in [0.3, 0.4) is 0 Å². The smallest absolute Gasteiger partial charge is 0.317 e. The molecule has 1 heterocycles. The third-order valence-corrected chi connectivity index (χ3v) is 7.33. The summed E-state index contributed by atoms with van der Waals surface area (Å²) >= 11 is 0. The van der Waals surface area contributed by atoms with Crippen molar-refractivity contribution in [1.29, 1.82) is 0 Å². The van der Waals surface area contributed by atoms with E-state index in [4.69, 9.17) is 23.7 Å². The molecule has 48 heavy (non-hydrogen) atoms. The maximum absolute atomic E-state index is 12.7. The van der Waals surface area contributed by atoms with Crippen LogP contribution in [0.4, 0.5) is 0 Å². The molecule has 1 fully saturated rings. The number of carboxylic acids is 2. The molecule has 1 saturated heterocycles. The Morgan fingerprint density at radius 2 is 0.917 bits per heavy atom. The number of ether oxygens (including phenoxy) is 5. The monoisotopic (exact) mass is 695 g/mol. The van der Waals surface area contributed by atoms with Gasteiger partial charge in [-0.05, 0) is 12.3 Å². The van der Waals surface area contributed by atoms with E-state index in [1.807, 2.05) is 9.80 Å². The largest absolute Gasteiger partial charge is 0.480 e. The summed E-state index contributed by atoms with van der Waals surface area (Å²) in [5.74, 6) is -1.57. The summed E-state index contributed by atoms with van der Waals surface area (Å²) in [5.41, 5.74) is 0. The third kappa shape index (κ3) is 26.9. The molecule has 0 radical (unpaired) electrons. The fourth-order valence-corrected chi connectivity index (χ4v) is 4.67. The number of hydrogen-bond acceptors (Lipinski definition) is 14. The van der Waals surface area contributed by atoms with Gasteiger partial charge in [-0.25, -0.2) is 0 Å².